The molecule has 0 N–H and O–H groups in total. The Balaban J connectivity index is 0.000000531. The van der Waals surface area contributed by atoms with E-state index < -0.39 is 0 Å². The second-order valence-electron chi connectivity index (χ2n) is 3.68. The van der Waals surface area contributed by atoms with Crippen molar-refractivity contribution < 1.29 is 4.79 Å². The molecule has 1 aromatic carbocycles. The van der Waals surface area contributed by atoms with Gasteiger partial charge in [0.2, 0.25) is 0 Å². The standard InChI is InChI=1S/C11H13NO.C2H6/c1-7-4-5-9-10(6-7)8(2)12(3)11(9)13;1-2/h4-6,8H,1-3H3;1-2H3. The van der Waals surface area contributed by atoms with Crippen molar-refractivity contribution in [1.82, 2.24) is 4.90 Å². The summed E-state index contributed by atoms with van der Waals surface area (Å²) in [5.41, 5.74) is 3.24. The predicted octanol–water partition coefficient (Wildman–Crippen LogP) is 3.17. The van der Waals surface area contributed by atoms with Crippen LogP contribution in [0.1, 0.15) is 48.3 Å². The van der Waals surface area contributed by atoms with Crippen LogP contribution in [0.5, 0.6) is 0 Å². The number of hydrogen-bond donors (Lipinski definition) is 0. The number of hydrogen-bond acceptors (Lipinski definition) is 1. The molecule has 15 heavy (non-hydrogen) atoms. The first-order valence-corrected chi connectivity index (χ1v) is 5.49. The highest BCUT2D eigenvalue weighted by Gasteiger charge is 2.30. The van der Waals surface area contributed by atoms with Gasteiger partial charge in [0.1, 0.15) is 0 Å². The molecule has 82 valence electrons. The number of amides is 1. The highest BCUT2D eigenvalue weighted by atomic mass is 16.2. The van der Waals surface area contributed by atoms with Crippen molar-refractivity contribution in [3.8, 4) is 0 Å². The molecule has 0 spiro atoms. The van der Waals surface area contributed by atoms with Gasteiger partial charge in [-0.2, -0.15) is 0 Å². The molecule has 1 aromatic rings. The Hall–Kier alpha value is -1.31. The second-order valence-corrected chi connectivity index (χ2v) is 3.68. The van der Waals surface area contributed by atoms with Gasteiger partial charge < -0.3 is 4.90 Å². The largest absolute Gasteiger partial charge is 0.335 e. The van der Waals surface area contributed by atoms with Gasteiger partial charge in [-0.1, -0.05) is 31.5 Å². The lowest BCUT2D eigenvalue weighted by atomic mass is 10.0. The minimum atomic E-state index is 0.141. The number of fused-ring (bicyclic) bond motifs is 1. The summed E-state index contributed by atoms with van der Waals surface area (Å²) in [6.45, 7) is 8.11. The smallest absolute Gasteiger partial charge is 0.254 e. The first-order chi connectivity index (χ1) is 7.11. The van der Waals surface area contributed by atoms with Crippen LogP contribution in [0.15, 0.2) is 18.2 Å². The number of aryl methyl sites for hydroxylation is 1. The summed E-state index contributed by atoms with van der Waals surface area (Å²) < 4.78 is 0. The van der Waals surface area contributed by atoms with Gasteiger partial charge in [0.15, 0.2) is 0 Å². The van der Waals surface area contributed by atoms with E-state index in [9.17, 15) is 4.79 Å². The fraction of sp³-hybridized carbons (Fsp3) is 0.462. The number of carbonyl (C=O) groups is 1. The quantitative estimate of drug-likeness (QED) is 0.637. The van der Waals surface area contributed by atoms with E-state index in [-0.39, 0.29) is 11.9 Å². The number of carbonyl (C=O) groups excluding carboxylic acids is 1. The van der Waals surface area contributed by atoms with Crippen LogP contribution in [0, 0.1) is 6.92 Å². The van der Waals surface area contributed by atoms with Crippen molar-refractivity contribution >= 4 is 5.91 Å². The van der Waals surface area contributed by atoms with Crippen LogP contribution >= 0.6 is 0 Å². The molecule has 1 amide bonds. The lowest BCUT2D eigenvalue weighted by Crippen LogP contribution is -2.20. The van der Waals surface area contributed by atoms with Crippen LogP contribution in [-0.4, -0.2) is 17.9 Å². The molecule has 1 aliphatic heterocycles. The van der Waals surface area contributed by atoms with Crippen molar-refractivity contribution in [2.45, 2.75) is 33.7 Å². The molecule has 0 saturated carbocycles. The van der Waals surface area contributed by atoms with E-state index in [2.05, 4.69) is 19.9 Å². The molecule has 2 nitrogen and oxygen atoms in total. The van der Waals surface area contributed by atoms with Crippen LogP contribution in [0.4, 0.5) is 0 Å². The van der Waals surface area contributed by atoms with E-state index in [4.69, 9.17) is 0 Å². The Morgan fingerprint density at radius 1 is 1.27 bits per heavy atom. The first-order valence-electron chi connectivity index (χ1n) is 5.49. The monoisotopic (exact) mass is 205 g/mol. The van der Waals surface area contributed by atoms with Gasteiger partial charge >= 0.3 is 0 Å². The van der Waals surface area contributed by atoms with Crippen LogP contribution in [0.2, 0.25) is 0 Å². The minimum absolute atomic E-state index is 0.141. The molecule has 1 unspecified atom stereocenters. The lowest BCUT2D eigenvalue weighted by Gasteiger charge is -2.14. The lowest BCUT2D eigenvalue weighted by molar-refractivity contribution is 0.0784. The van der Waals surface area contributed by atoms with Crippen molar-refractivity contribution in [3.05, 3.63) is 34.9 Å². The van der Waals surface area contributed by atoms with Crippen LogP contribution in [0.25, 0.3) is 0 Å². The SMILES string of the molecule is CC.Cc1ccc2c(c1)C(C)N(C)C2=O. The Kier molecular flexibility index (Phi) is 3.51. The summed E-state index contributed by atoms with van der Waals surface area (Å²) in [5, 5.41) is 0. The second kappa shape index (κ2) is 4.47. The van der Waals surface area contributed by atoms with E-state index in [0.29, 0.717) is 0 Å². The Bertz CT molecular complexity index is 371. The van der Waals surface area contributed by atoms with Crippen molar-refractivity contribution in [2.24, 2.45) is 0 Å². The van der Waals surface area contributed by atoms with Crippen LogP contribution in [0.3, 0.4) is 0 Å². The summed E-state index contributed by atoms with van der Waals surface area (Å²) in [6.07, 6.45) is 0. The topological polar surface area (TPSA) is 20.3 Å². The zero-order chi connectivity index (χ0) is 11.6. The van der Waals surface area contributed by atoms with E-state index in [1.54, 1.807) is 4.90 Å². The number of benzene rings is 1. The molecule has 2 heteroatoms. The molecule has 0 saturated heterocycles. The van der Waals surface area contributed by atoms with E-state index in [0.717, 1.165) is 11.1 Å². The molecule has 0 aliphatic carbocycles. The zero-order valence-corrected chi connectivity index (χ0v) is 10.2. The van der Waals surface area contributed by atoms with Crippen molar-refractivity contribution in [1.29, 1.82) is 0 Å². The van der Waals surface area contributed by atoms with Gasteiger partial charge in [0, 0.05) is 12.6 Å². The first kappa shape index (κ1) is 11.8. The molecule has 0 radical (unpaired) electrons. The molecule has 1 heterocycles. The van der Waals surface area contributed by atoms with Crippen LogP contribution in [-0.2, 0) is 0 Å². The maximum absolute atomic E-state index is 11.6. The Morgan fingerprint density at radius 2 is 1.87 bits per heavy atom. The molecule has 0 bridgehead atoms. The summed E-state index contributed by atoms with van der Waals surface area (Å²) >= 11 is 0. The van der Waals surface area contributed by atoms with Crippen molar-refractivity contribution in [3.63, 3.8) is 0 Å². The molecular formula is C13H19NO. The van der Waals surface area contributed by atoms with Crippen molar-refractivity contribution in [2.75, 3.05) is 7.05 Å². The van der Waals surface area contributed by atoms with E-state index in [1.807, 2.05) is 33.0 Å². The minimum Gasteiger partial charge on any atom is -0.335 e. The molecule has 1 atom stereocenters. The van der Waals surface area contributed by atoms with Gasteiger partial charge in [0.25, 0.3) is 5.91 Å². The fourth-order valence-corrected chi connectivity index (χ4v) is 1.80. The third-order valence-corrected chi connectivity index (χ3v) is 2.79. The van der Waals surface area contributed by atoms with E-state index in [1.165, 1.54) is 5.56 Å². The third-order valence-electron chi connectivity index (χ3n) is 2.79. The average Bonchev–Trinajstić information content (AvgIpc) is 2.47. The molecule has 0 aromatic heterocycles. The van der Waals surface area contributed by atoms with E-state index >= 15 is 0 Å². The van der Waals surface area contributed by atoms with Gasteiger partial charge in [-0.15, -0.1) is 0 Å². The van der Waals surface area contributed by atoms with Crippen LogP contribution < -0.4 is 0 Å². The predicted molar refractivity (Wildman–Crippen MR) is 63.0 cm³/mol. The van der Waals surface area contributed by atoms with Gasteiger partial charge in [-0.3, -0.25) is 4.79 Å². The van der Waals surface area contributed by atoms with Gasteiger partial charge in [-0.05, 0) is 25.5 Å². The Labute approximate surface area is 91.9 Å². The highest BCUT2D eigenvalue weighted by Crippen LogP contribution is 2.31. The van der Waals surface area contributed by atoms with Gasteiger partial charge in [0.05, 0.1) is 6.04 Å². The summed E-state index contributed by atoms with van der Waals surface area (Å²) in [7, 11) is 1.85. The maximum atomic E-state index is 11.6. The zero-order valence-electron chi connectivity index (χ0n) is 10.2. The summed E-state index contributed by atoms with van der Waals surface area (Å²) in [4.78, 5) is 13.4. The third kappa shape index (κ3) is 1.89. The molecule has 2 rings (SSSR count). The summed E-state index contributed by atoms with van der Waals surface area (Å²) in [6, 6.07) is 6.24. The highest BCUT2D eigenvalue weighted by molar-refractivity contribution is 5.99. The van der Waals surface area contributed by atoms with Gasteiger partial charge in [-0.25, -0.2) is 0 Å². The Morgan fingerprint density at radius 3 is 2.47 bits per heavy atom. The fourth-order valence-electron chi connectivity index (χ4n) is 1.80. The number of nitrogens with zero attached hydrogens (tertiary/aromatic N) is 1. The summed E-state index contributed by atoms with van der Waals surface area (Å²) in [5.74, 6) is 0.141. The number of rotatable bonds is 0. The normalized spacial score (nSPS) is 18.3. The average molecular weight is 205 g/mol. The molecular weight excluding hydrogens is 186 g/mol. The molecule has 1 aliphatic rings. The molecule has 0 fully saturated rings. The maximum Gasteiger partial charge on any atom is 0.254 e.